The Morgan fingerprint density at radius 1 is 1.05 bits per heavy atom. The molecular formula is C17H26N4. The second kappa shape index (κ2) is 5.93. The number of pyridine rings is 1. The predicted octanol–water partition coefficient (Wildman–Crippen LogP) is 1.87. The van der Waals surface area contributed by atoms with Crippen LogP contribution in [-0.2, 0) is 6.54 Å². The Morgan fingerprint density at radius 2 is 1.86 bits per heavy atom. The van der Waals surface area contributed by atoms with Gasteiger partial charge in [0.05, 0.1) is 5.69 Å². The van der Waals surface area contributed by atoms with Gasteiger partial charge >= 0.3 is 0 Å². The van der Waals surface area contributed by atoms with E-state index in [1.54, 1.807) is 0 Å². The Kier molecular flexibility index (Phi) is 3.82. The lowest BCUT2D eigenvalue weighted by Gasteiger charge is -2.35. The Bertz CT molecular complexity index is 473. The van der Waals surface area contributed by atoms with Gasteiger partial charge in [-0.1, -0.05) is 6.07 Å². The smallest absolute Gasteiger partial charge is 0.128 e. The molecule has 3 aliphatic rings. The fraction of sp³-hybridized carbons (Fsp3) is 0.706. The molecule has 0 aromatic carbocycles. The van der Waals surface area contributed by atoms with Crippen LogP contribution in [0.4, 0.5) is 5.82 Å². The standard InChI is InChI=1S/C17H26N4/c1-2-16(12-18-15-6-7-15)19-17(3-1)21-10-8-20(9-11-21)13-14-4-5-14/h1-3,14-15,18H,4-13H2. The third-order valence-corrected chi connectivity index (χ3v) is 4.85. The zero-order chi connectivity index (χ0) is 14.1. The van der Waals surface area contributed by atoms with Gasteiger partial charge < -0.3 is 10.2 Å². The van der Waals surface area contributed by atoms with Gasteiger partial charge in [-0.2, -0.15) is 0 Å². The van der Waals surface area contributed by atoms with E-state index in [2.05, 4.69) is 33.3 Å². The fourth-order valence-corrected chi connectivity index (χ4v) is 3.10. The molecule has 3 fully saturated rings. The van der Waals surface area contributed by atoms with Crippen LogP contribution in [0, 0.1) is 5.92 Å². The molecule has 0 atom stereocenters. The van der Waals surface area contributed by atoms with Gasteiger partial charge in [-0.15, -0.1) is 0 Å². The van der Waals surface area contributed by atoms with E-state index in [4.69, 9.17) is 4.98 Å². The van der Waals surface area contributed by atoms with Crippen molar-refractivity contribution < 1.29 is 0 Å². The summed E-state index contributed by atoms with van der Waals surface area (Å²) in [6, 6.07) is 7.21. The lowest BCUT2D eigenvalue weighted by atomic mass is 10.2. The molecule has 1 saturated heterocycles. The molecule has 1 aromatic rings. The Labute approximate surface area is 127 Å². The van der Waals surface area contributed by atoms with Gasteiger partial charge in [0, 0.05) is 45.3 Å². The normalized spacial score (nSPS) is 23.5. The maximum absolute atomic E-state index is 4.84. The zero-order valence-corrected chi connectivity index (χ0v) is 12.8. The van der Waals surface area contributed by atoms with Crippen LogP contribution < -0.4 is 10.2 Å². The first-order valence-electron chi connectivity index (χ1n) is 8.53. The minimum Gasteiger partial charge on any atom is -0.354 e. The van der Waals surface area contributed by atoms with Gasteiger partial charge in [0.1, 0.15) is 5.82 Å². The molecule has 2 saturated carbocycles. The Morgan fingerprint density at radius 3 is 2.57 bits per heavy atom. The van der Waals surface area contributed by atoms with Crippen LogP contribution in [0.15, 0.2) is 18.2 Å². The highest BCUT2D eigenvalue weighted by Crippen LogP contribution is 2.30. The molecule has 21 heavy (non-hydrogen) atoms. The summed E-state index contributed by atoms with van der Waals surface area (Å²) < 4.78 is 0. The molecule has 2 aliphatic carbocycles. The number of nitrogens with one attached hydrogen (secondary N) is 1. The van der Waals surface area contributed by atoms with Crippen molar-refractivity contribution in [2.45, 2.75) is 38.3 Å². The topological polar surface area (TPSA) is 31.4 Å². The maximum atomic E-state index is 4.84. The molecule has 4 nitrogen and oxygen atoms in total. The Hall–Kier alpha value is -1.13. The number of rotatable bonds is 6. The van der Waals surface area contributed by atoms with Crippen LogP contribution in [0.25, 0.3) is 0 Å². The SMILES string of the molecule is c1cc(CNC2CC2)nc(N2CCN(CC3CC3)CC2)c1. The van der Waals surface area contributed by atoms with Crippen LogP contribution in [0.5, 0.6) is 0 Å². The van der Waals surface area contributed by atoms with Crippen molar-refractivity contribution in [1.82, 2.24) is 15.2 Å². The van der Waals surface area contributed by atoms with Crippen molar-refractivity contribution in [3.05, 3.63) is 23.9 Å². The zero-order valence-electron chi connectivity index (χ0n) is 12.8. The minimum absolute atomic E-state index is 0.751. The molecule has 2 heterocycles. The number of hydrogen-bond acceptors (Lipinski definition) is 4. The quantitative estimate of drug-likeness (QED) is 0.865. The first-order valence-corrected chi connectivity index (χ1v) is 8.53. The minimum atomic E-state index is 0.751. The van der Waals surface area contributed by atoms with Crippen LogP contribution in [-0.4, -0.2) is 48.6 Å². The lowest BCUT2D eigenvalue weighted by molar-refractivity contribution is 0.247. The molecule has 1 aromatic heterocycles. The van der Waals surface area contributed by atoms with Crippen LogP contribution in [0.2, 0.25) is 0 Å². The van der Waals surface area contributed by atoms with Crippen molar-refractivity contribution >= 4 is 5.82 Å². The molecule has 0 spiro atoms. The summed E-state index contributed by atoms with van der Waals surface area (Å²) in [5.74, 6) is 2.17. The number of piperazine rings is 1. The molecule has 4 rings (SSSR count). The third-order valence-electron chi connectivity index (χ3n) is 4.85. The first kappa shape index (κ1) is 13.5. The highest BCUT2D eigenvalue weighted by Gasteiger charge is 2.26. The summed E-state index contributed by atoms with van der Waals surface area (Å²) in [6.45, 7) is 6.89. The highest BCUT2D eigenvalue weighted by atomic mass is 15.3. The van der Waals surface area contributed by atoms with Crippen molar-refractivity contribution in [3.8, 4) is 0 Å². The van der Waals surface area contributed by atoms with Crippen LogP contribution in [0.3, 0.4) is 0 Å². The number of hydrogen-bond donors (Lipinski definition) is 1. The summed E-state index contributed by atoms with van der Waals surface area (Å²) in [6.07, 6.45) is 5.58. The van der Waals surface area contributed by atoms with Gasteiger partial charge in [0.25, 0.3) is 0 Å². The summed E-state index contributed by atoms with van der Waals surface area (Å²) in [7, 11) is 0. The van der Waals surface area contributed by atoms with Crippen LogP contribution >= 0.6 is 0 Å². The molecule has 0 amide bonds. The van der Waals surface area contributed by atoms with E-state index in [0.717, 1.165) is 37.4 Å². The summed E-state index contributed by atoms with van der Waals surface area (Å²) >= 11 is 0. The number of aromatic nitrogens is 1. The van der Waals surface area contributed by atoms with Crippen LogP contribution in [0.1, 0.15) is 31.4 Å². The van der Waals surface area contributed by atoms with E-state index in [0.29, 0.717) is 0 Å². The molecule has 4 heteroatoms. The van der Waals surface area contributed by atoms with E-state index in [-0.39, 0.29) is 0 Å². The maximum Gasteiger partial charge on any atom is 0.128 e. The number of nitrogens with zero attached hydrogens (tertiary/aromatic N) is 3. The second-order valence-electron chi connectivity index (χ2n) is 6.87. The van der Waals surface area contributed by atoms with Crippen molar-refractivity contribution in [2.75, 3.05) is 37.6 Å². The van der Waals surface area contributed by atoms with E-state index in [1.165, 1.54) is 51.0 Å². The van der Waals surface area contributed by atoms with Gasteiger partial charge in [-0.05, 0) is 43.7 Å². The molecule has 0 bridgehead atoms. The van der Waals surface area contributed by atoms with Crippen molar-refractivity contribution in [2.24, 2.45) is 5.92 Å². The molecule has 114 valence electrons. The third kappa shape index (κ3) is 3.74. The Balaban J connectivity index is 1.31. The molecule has 1 N–H and O–H groups in total. The monoisotopic (exact) mass is 286 g/mol. The van der Waals surface area contributed by atoms with E-state index >= 15 is 0 Å². The summed E-state index contributed by atoms with van der Waals surface area (Å²) in [5.41, 5.74) is 1.18. The van der Waals surface area contributed by atoms with Gasteiger partial charge in [0.2, 0.25) is 0 Å². The second-order valence-corrected chi connectivity index (χ2v) is 6.87. The average Bonchev–Trinajstić information content (AvgIpc) is 3.41. The van der Waals surface area contributed by atoms with Crippen molar-refractivity contribution in [3.63, 3.8) is 0 Å². The average molecular weight is 286 g/mol. The molecule has 0 unspecified atom stereocenters. The summed E-state index contributed by atoms with van der Waals surface area (Å²) in [5, 5.41) is 3.55. The van der Waals surface area contributed by atoms with E-state index < -0.39 is 0 Å². The van der Waals surface area contributed by atoms with E-state index in [1.807, 2.05) is 0 Å². The van der Waals surface area contributed by atoms with E-state index in [9.17, 15) is 0 Å². The lowest BCUT2D eigenvalue weighted by Crippen LogP contribution is -2.47. The largest absolute Gasteiger partial charge is 0.354 e. The highest BCUT2D eigenvalue weighted by molar-refractivity contribution is 5.39. The number of anilines is 1. The summed E-state index contributed by atoms with van der Waals surface area (Å²) in [4.78, 5) is 9.92. The molecular weight excluding hydrogens is 260 g/mol. The molecule has 1 aliphatic heterocycles. The first-order chi connectivity index (χ1) is 10.4. The van der Waals surface area contributed by atoms with Gasteiger partial charge in [-0.25, -0.2) is 4.98 Å². The molecule has 0 radical (unpaired) electrons. The predicted molar refractivity (Wildman–Crippen MR) is 85.5 cm³/mol. The fourth-order valence-electron chi connectivity index (χ4n) is 3.10. The van der Waals surface area contributed by atoms with Crippen molar-refractivity contribution in [1.29, 1.82) is 0 Å². The van der Waals surface area contributed by atoms with Gasteiger partial charge in [-0.3, -0.25) is 4.90 Å². The van der Waals surface area contributed by atoms with Gasteiger partial charge in [0.15, 0.2) is 0 Å².